The number of aromatic nitrogens is 3. The van der Waals surface area contributed by atoms with Gasteiger partial charge in [-0.2, -0.15) is 0 Å². The van der Waals surface area contributed by atoms with Gasteiger partial charge in [0.1, 0.15) is 5.00 Å². The van der Waals surface area contributed by atoms with E-state index < -0.39 is 11.9 Å². The molecule has 33 heavy (non-hydrogen) atoms. The number of aryl methyl sites for hydroxylation is 1. The number of hydrogen-bond donors (Lipinski definition) is 2. The van der Waals surface area contributed by atoms with Gasteiger partial charge in [0.2, 0.25) is 5.91 Å². The molecule has 176 valence electrons. The number of ether oxygens (including phenoxy) is 1. The van der Waals surface area contributed by atoms with Crippen molar-refractivity contribution in [2.75, 3.05) is 11.1 Å². The molecule has 0 unspecified atom stereocenters. The average molecular weight is 508 g/mol. The third-order valence-electron chi connectivity index (χ3n) is 4.52. The third-order valence-corrected chi connectivity index (χ3v) is 7.57. The Labute approximate surface area is 203 Å². The lowest BCUT2D eigenvalue weighted by Gasteiger charge is -2.10. The summed E-state index contributed by atoms with van der Waals surface area (Å²) < 4.78 is 7.23. The Balaban J connectivity index is 1.76. The summed E-state index contributed by atoms with van der Waals surface area (Å²) in [5, 5.41) is 14.1. The molecule has 0 aliphatic rings. The minimum atomic E-state index is -0.668. The van der Waals surface area contributed by atoms with E-state index in [1.807, 2.05) is 23.8 Å². The van der Waals surface area contributed by atoms with Crippen molar-refractivity contribution in [3.8, 4) is 11.4 Å². The molecule has 3 aromatic rings. The van der Waals surface area contributed by atoms with Gasteiger partial charge in [-0.3, -0.25) is 9.59 Å². The van der Waals surface area contributed by atoms with Crippen molar-refractivity contribution < 1.29 is 19.1 Å². The van der Waals surface area contributed by atoms with Crippen molar-refractivity contribution in [3.63, 3.8) is 0 Å². The van der Waals surface area contributed by atoms with Gasteiger partial charge in [0.25, 0.3) is 5.91 Å². The molecule has 0 atom stereocenters. The molecule has 0 spiro atoms. The molecular weight excluding hydrogens is 482 g/mol. The summed E-state index contributed by atoms with van der Waals surface area (Å²) in [5.41, 5.74) is 6.96. The highest BCUT2D eigenvalue weighted by molar-refractivity contribution is 7.99. The first-order valence-electron chi connectivity index (χ1n) is 10.2. The van der Waals surface area contributed by atoms with E-state index >= 15 is 0 Å². The van der Waals surface area contributed by atoms with Crippen molar-refractivity contribution in [1.29, 1.82) is 0 Å². The second kappa shape index (κ2) is 10.5. The third kappa shape index (κ3) is 5.63. The van der Waals surface area contributed by atoms with Crippen LogP contribution >= 0.6 is 34.4 Å². The summed E-state index contributed by atoms with van der Waals surface area (Å²) >= 11 is 3.84. The molecule has 3 rings (SSSR count). The summed E-state index contributed by atoms with van der Waals surface area (Å²) in [4.78, 5) is 38.4. The zero-order valence-corrected chi connectivity index (χ0v) is 21.4. The number of rotatable bonds is 9. The number of hydrogen-bond acceptors (Lipinski definition) is 9. The average Bonchev–Trinajstić information content (AvgIpc) is 3.42. The lowest BCUT2D eigenvalue weighted by molar-refractivity contribution is -0.113. The summed E-state index contributed by atoms with van der Waals surface area (Å²) in [7, 11) is 0. The van der Waals surface area contributed by atoms with Crippen LogP contribution in [0, 0.1) is 13.8 Å². The van der Waals surface area contributed by atoms with Gasteiger partial charge in [0, 0.05) is 22.4 Å². The van der Waals surface area contributed by atoms with Gasteiger partial charge < -0.3 is 20.4 Å². The van der Waals surface area contributed by atoms with Crippen LogP contribution in [0.15, 0.2) is 16.6 Å². The topological polar surface area (TPSA) is 129 Å². The van der Waals surface area contributed by atoms with Gasteiger partial charge >= 0.3 is 5.97 Å². The molecule has 0 aliphatic carbocycles. The van der Waals surface area contributed by atoms with Crippen molar-refractivity contribution >= 4 is 57.2 Å². The maximum atomic E-state index is 12.7. The van der Waals surface area contributed by atoms with E-state index in [4.69, 9.17) is 10.5 Å². The number of carbonyl (C=O) groups excluding carboxylic acids is 3. The van der Waals surface area contributed by atoms with Crippen molar-refractivity contribution in [3.05, 3.63) is 32.3 Å². The number of primary amides is 1. The predicted molar refractivity (Wildman–Crippen MR) is 131 cm³/mol. The maximum absolute atomic E-state index is 12.7. The number of nitrogens with one attached hydrogen (secondary N) is 1. The summed E-state index contributed by atoms with van der Waals surface area (Å²) in [6.07, 6.45) is -0.352. The normalized spacial score (nSPS) is 11.1. The number of esters is 1. The van der Waals surface area contributed by atoms with E-state index in [1.54, 1.807) is 32.1 Å². The molecule has 3 heterocycles. The van der Waals surface area contributed by atoms with E-state index in [9.17, 15) is 14.4 Å². The highest BCUT2D eigenvalue weighted by Gasteiger charge is 2.26. The van der Waals surface area contributed by atoms with Crippen LogP contribution in [0.1, 0.15) is 51.2 Å². The van der Waals surface area contributed by atoms with Gasteiger partial charge in [0.15, 0.2) is 11.0 Å². The molecule has 2 amide bonds. The highest BCUT2D eigenvalue weighted by atomic mass is 32.2. The van der Waals surface area contributed by atoms with Crippen LogP contribution in [0.2, 0.25) is 0 Å². The Hall–Kier alpha value is -2.70. The monoisotopic (exact) mass is 507 g/mol. The molecule has 0 aromatic carbocycles. The second-order valence-corrected chi connectivity index (χ2v) is 10.5. The van der Waals surface area contributed by atoms with Crippen molar-refractivity contribution in [2.24, 2.45) is 5.73 Å². The van der Waals surface area contributed by atoms with Crippen LogP contribution in [-0.2, 0) is 16.1 Å². The Bertz CT molecular complexity index is 1190. The van der Waals surface area contributed by atoms with Gasteiger partial charge in [0.05, 0.1) is 22.3 Å². The number of amides is 2. The standard InChI is InChI=1S/C21H25N5O4S3/c1-6-26-18(13-7-11(4)31-8-13)24-25-21(26)32-9-14(27)23-19-15(20(29)30-10(2)3)12(5)16(33-19)17(22)28/h7-8,10H,6,9H2,1-5H3,(H2,22,28)(H,23,27). The lowest BCUT2D eigenvalue weighted by Crippen LogP contribution is -2.18. The van der Waals surface area contributed by atoms with Crippen LogP contribution < -0.4 is 11.1 Å². The molecule has 0 saturated heterocycles. The Morgan fingerprint density at radius 3 is 2.58 bits per heavy atom. The Morgan fingerprint density at radius 2 is 2.00 bits per heavy atom. The minimum absolute atomic E-state index is 0.0440. The highest BCUT2D eigenvalue weighted by Crippen LogP contribution is 2.34. The number of anilines is 1. The summed E-state index contributed by atoms with van der Waals surface area (Å²) in [6.45, 7) is 9.72. The molecule has 3 aromatic heterocycles. The zero-order valence-electron chi connectivity index (χ0n) is 18.9. The molecule has 9 nitrogen and oxygen atoms in total. The van der Waals surface area contributed by atoms with E-state index in [0.29, 0.717) is 17.3 Å². The number of thiophene rings is 2. The SMILES string of the molecule is CCn1c(SCC(=O)Nc2sc(C(N)=O)c(C)c2C(=O)OC(C)C)nnc1-c1csc(C)c1. The molecule has 0 radical (unpaired) electrons. The minimum Gasteiger partial charge on any atom is -0.459 e. The van der Waals surface area contributed by atoms with E-state index in [-0.39, 0.29) is 33.2 Å². The first-order chi connectivity index (χ1) is 15.6. The second-order valence-electron chi connectivity index (χ2n) is 7.41. The van der Waals surface area contributed by atoms with Crippen LogP contribution in [0.5, 0.6) is 0 Å². The number of nitrogens with zero attached hydrogens (tertiary/aromatic N) is 3. The van der Waals surface area contributed by atoms with Crippen LogP contribution in [0.3, 0.4) is 0 Å². The van der Waals surface area contributed by atoms with E-state index in [0.717, 1.165) is 22.7 Å². The van der Waals surface area contributed by atoms with Crippen LogP contribution in [0.25, 0.3) is 11.4 Å². The molecule has 0 fully saturated rings. The fraction of sp³-hybridized carbons (Fsp3) is 0.381. The number of carbonyl (C=O) groups is 3. The van der Waals surface area contributed by atoms with Gasteiger partial charge in [-0.25, -0.2) is 4.79 Å². The quantitative estimate of drug-likeness (QED) is 0.329. The number of nitrogens with two attached hydrogens (primary N) is 1. The van der Waals surface area contributed by atoms with Gasteiger partial charge in [-0.05, 0) is 46.2 Å². The maximum Gasteiger partial charge on any atom is 0.341 e. The Morgan fingerprint density at radius 1 is 1.27 bits per heavy atom. The smallest absolute Gasteiger partial charge is 0.341 e. The van der Waals surface area contributed by atoms with Gasteiger partial charge in [-0.15, -0.1) is 32.9 Å². The lowest BCUT2D eigenvalue weighted by atomic mass is 10.1. The molecule has 0 bridgehead atoms. The molecule has 0 saturated carbocycles. The van der Waals surface area contributed by atoms with Crippen LogP contribution in [0.4, 0.5) is 5.00 Å². The molecule has 12 heteroatoms. The van der Waals surface area contributed by atoms with Crippen molar-refractivity contribution in [2.45, 2.75) is 52.4 Å². The first kappa shape index (κ1) is 24.9. The van der Waals surface area contributed by atoms with E-state index in [1.165, 1.54) is 16.6 Å². The fourth-order valence-electron chi connectivity index (χ4n) is 3.10. The van der Waals surface area contributed by atoms with Crippen LogP contribution in [-0.4, -0.2) is 44.4 Å². The first-order valence-corrected chi connectivity index (χ1v) is 12.9. The molecular formula is C21H25N5O4S3. The molecule has 0 aliphatic heterocycles. The molecule has 3 N–H and O–H groups in total. The largest absolute Gasteiger partial charge is 0.459 e. The Kier molecular flexibility index (Phi) is 7.92. The summed E-state index contributed by atoms with van der Waals surface area (Å²) in [6, 6.07) is 2.05. The van der Waals surface area contributed by atoms with Gasteiger partial charge in [-0.1, -0.05) is 11.8 Å². The van der Waals surface area contributed by atoms with Crippen molar-refractivity contribution in [1.82, 2.24) is 14.8 Å². The summed E-state index contributed by atoms with van der Waals surface area (Å²) in [5.74, 6) is -0.839. The number of thioether (sulfide) groups is 1. The predicted octanol–water partition coefficient (Wildman–Crippen LogP) is 4.10. The zero-order chi connectivity index (χ0) is 24.3. The fourth-order valence-corrected chi connectivity index (χ4v) is 5.65. The van der Waals surface area contributed by atoms with E-state index in [2.05, 4.69) is 21.6 Å².